The molecular weight excluding hydrogens is 284 g/mol. The Hall–Kier alpha value is -1.72. The monoisotopic (exact) mass is 292 g/mol. The molecule has 0 bridgehead atoms. The summed E-state index contributed by atoms with van der Waals surface area (Å²) in [5, 5.41) is 3.61. The van der Waals surface area contributed by atoms with Gasteiger partial charge in [-0.3, -0.25) is 14.5 Å². The summed E-state index contributed by atoms with van der Waals surface area (Å²) in [6.45, 7) is 0. The summed E-state index contributed by atoms with van der Waals surface area (Å²) in [6, 6.07) is 6.70. The van der Waals surface area contributed by atoms with Crippen molar-refractivity contribution in [1.82, 2.24) is 10.2 Å². The average molecular weight is 293 g/mol. The van der Waals surface area contributed by atoms with Gasteiger partial charge in [0.05, 0.1) is 4.91 Å². The zero-order valence-corrected chi connectivity index (χ0v) is 11.2. The molecule has 2 aliphatic rings. The second kappa shape index (κ2) is 4.75. The lowest BCUT2D eigenvalue weighted by molar-refractivity contribution is -0.124. The minimum Gasteiger partial charge on any atom is -0.362 e. The highest BCUT2D eigenvalue weighted by atomic mass is 35.5. The topological polar surface area (TPSA) is 49.4 Å². The second-order valence-corrected chi connectivity index (χ2v) is 5.60. The number of Topliss-reactive ketones (excluding diaryl/α,β-unsaturated/α-hetero) is 1. The zero-order chi connectivity index (χ0) is 13.4. The van der Waals surface area contributed by atoms with Crippen molar-refractivity contribution in [3.05, 3.63) is 58.2 Å². The Balaban J connectivity index is 1.84. The molecule has 0 fully saturated rings. The zero-order valence-electron chi connectivity index (χ0n) is 9.67. The summed E-state index contributed by atoms with van der Waals surface area (Å²) >= 11 is 7.12. The van der Waals surface area contributed by atoms with Crippen molar-refractivity contribution in [2.24, 2.45) is 0 Å². The molecular formula is C13H9ClN2O2S. The van der Waals surface area contributed by atoms with Gasteiger partial charge in [0.25, 0.3) is 5.91 Å². The molecule has 0 saturated heterocycles. The predicted octanol–water partition coefficient (Wildman–Crippen LogP) is 2.34. The number of nitrogens with zero attached hydrogens (tertiary/aromatic N) is 1. The Morgan fingerprint density at radius 1 is 1.32 bits per heavy atom. The average Bonchev–Trinajstić information content (AvgIpc) is 2.84. The number of ketones is 1. The van der Waals surface area contributed by atoms with Gasteiger partial charge in [0.15, 0.2) is 5.50 Å². The van der Waals surface area contributed by atoms with Crippen LogP contribution in [0.1, 0.15) is 10.4 Å². The van der Waals surface area contributed by atoms with E-state index in [0.29, 0.717) is 15.5 Å². The molecule has 0 saturated carbocycles. The van der Waals surface area contributed by atoms with Crippen LogP contribution in [0.2, 0.25) is 5.02 Å². The standard InChI is InChI=1S/C13H9ClN2O2S/c14-9-3-1-8(2-4-9)12(18)10-7-16-11(17)5-6-15-13(16)19-10/h1-7,13,15H. The van der Waals surface area contributed by atoms with Gasteiger partial charge in [-0.2, -0.15) is 0 Å². The van der Waals surface area contributed by atoms with Crippen molar-refractivity contribution < 1.29 is 9.59 Å². The highest BCUT2D eigenvalue weighted by molar-refractivity contribution is 8.04. The Labute approximate surface area is 119 Å². The maximum Gasteiger partial charge on any atom is 0.254 e. The summed E-state index contributed by atoms with van der Waals surface area (Å²) in [6.07, 6.45) is 4.62. The van der Waals surface area contributed by atoms with Gasteiger partial charge in [0, 0.05) is 29.1 Å². The lowest BCUT2D eigenvalue weighted by Crippen LogP contribution is -2.41. The number of benzene rings is 1. The third-order valence-electron chi connectivity index (χ3n) is 2.80. The number of thioether (sulfide) groups is 1. The third-order valence-corrected chi connectivity index (χ3v) is 4.18. The van der Waals surface area contributed by atoms with Crippen LogP contribution in [0.15, 0.2) is 47.6 Å². The van der Waals surface area contributed by atoms with E-state index < -0.39 is 0 Å². The molecule has 1 atom stereocenters. The fraction of sp³-hybridized carbons (Fsp3) is 0.0769. The predicted molar refractivity (Wildman–Crippen MR) is 74.4 cm³/mol. The van der Waals surface area contributed by atoms with Crippen LogP contribution in [0.4, 0.5) is 0 Å². The van der Waals surface area contributed by atoms with Crippen molar-refractivity contribution >= 4 is 35.1 Å². The number of fused-ring (bicyclic) bond motifs is 1. The first-order valence-electron chi connectivity index (χ1n) is 5.59. The number of allylic oxidation sites excluding steroid dienone is 1. The molecule has 6 heteroatoms. The van der Waals surface area contributed by atoms with Crippen molar-refractivity contribution in [3.8, 4) is 0 Å². The van der Waals surface area contributed by atoms with Crippen molar-refractivity contribution in [1.29, 1.82) is 0 Å². The van der Waals surface area contributed by atoms with Crippen LogP contribution < -0.4 is 5.32 Å². The molecule has 0 radical (unpaired) electrons. The molecule has 1 aromatic rings. The molecule has 2 heterocycles. The maximum absolute atomic E-state index is 12.3. The number of carbonyl (C=O) groups is 2. The first kappa shape index (κ1) is 12.3. The van der Waals surface area contributed by atoms with Crippen LogP contribution in [0, 0.1) is 0 Å². The fourth-order valence-corrected chi connectivity index (χ4v) is 3.03. The van der Waals surface area contributed by atoms with E-state index in [2.05, 4.69) is 5.32 Å². The molecule has 1 unspecified atom stereocenters. The Morgan fingerprint density at radius 3 is 2.74 bits per heavy atom. The number of hydrogen-bond donors (Lipinski definition) is 1. The third kappa shape index (κ3) is 2.27. The first-order chi connectivity index (χ1) is 9.15. The van der Waals surface area contributed by atoms with Crippen LogP contribution >= 0.6 is 23.4 Å². The van der Waals surface area contributed by atoms with Crippen molar-refractivity contribution in [2.45, 2.75) is 5.50 Å². The number of nitrogens with one attached hydrogen (secondary N) is 1. The molecule has 2 aliphatic heterocycles. The fourth-order valence-electron chi connectivity index (χ4n) is 1.84. The molecule has 3 rings (SSSR count). The van der Waals surface area contributed by atoms with E-state index in [9.17, 15) is 9.59 Å². The minimum atomic E-state index is -0.233. The van der Waals surface area contributed by atoms with Gasteiger partial charge in [0.2, 0.25) is 5.78 Å². The highest BCUT2D eigenvalue weighted by Gasteiger charge is 2.33. The number of rotatable bonds is 2. The summed E-state index contributed by atoms with van der Waals surface area (Å²) in [5.74, 6) is -0.235. The van der Waals surface area contributed by atoms with Gasteiger partial charge in [0.1, 0.15) is 0 Å². The SMILES string of the molecule is O=C(C1=CN2C(=O)C=CNC2S1)c1ccc(Cl)cc1. The number of amides is 1. The number of carbonyl (C=O) groups excluding carboxylic acids is 2. The smallest absolute Gasteiger partial charge is 0.254 e. The highest BCUT2D eigenvalue weighted by Crippen LogP contribution is 2.34. The lowest BCUT2D eigenvalue weighted by Gasteiger charge is -2.24. The van der Waals surface area contributed by atoms with Crippen LogP contribution in [0.25, 0.3) is 0 Å². The maximum atomic E-state index is 12.3. The van der Waals surface area contributed by atoms with Gasteiger partial charge >= 0.3 is 0 Å². The summed E-state index contributed by atoms with van der Waals surface area (Å²) in [7, 11) is 0. The van der Waals surface area contributed by atoms with E-state index in [4.69, 9.17) is 11.6 Å². The largest absolute Gasteiger partial charge is 0.362 e. The Kier molecular flexibility index (Phi) is 3.08. The molecule has 1 N–H and O–H groups in total. The molecule has 4 nitrogen and oxygen atoms in total. The van der Waals surface area contributed by atoms with E-state index in [0.717, 1.165) is 0 Å². The van der Waals surface area contributed by atoms with E-state index >= 15 is 0 Å². The summed E-state index contributed by atoms with van der Waals surface area (Å²) < 4.78 is 0. The Bertz CT molecular complexity index is 610. The van der Waals surface area contributed by atoms with Crippen LogP contribution in [0.5, 0.6) is 0 Å². The van der Waals surface area contributed by atoms with Crippen LogP contribution in [0.3, 0.4) is 0 Å². The lowest BCUT2D eigenvalue weighted by atomic mass is 10.1. The molecule has 96 valence electrons. The van der Waals surface area contributed by atoms with E-state index in [1.165, 1.54) is 22.7 Å². The van der Waals surface area contributed by atoms with Gasteiger partial charge in [-0.25, -0.2) is 0 Å². The number of halogens is 1. The van der Waals surface area contributed by atoms with Crippen LogP contribution in [-0.2, 0) is 4.79 Å². The van der Waals surface area contributed by atoms with Gasteiger partial charge in [-0.15, -0.1) is 0 Å². The van der Waals surface area contributed by atoms with Gasteiger partial charge in [-0.05, 0) is 24.3 Å². The second-order valence-electron chi connectivity index (χ2n) is 4.05. The van der Waals surface area contributed by atoms with E-state index in [-0.39, 0.29) is 17.2 Å². The van der Waals surface area contributed by atoms with Gasteiger partial charge < -0.3 is 5.32 Å². The Morgan fingerprint density at radius 2 is 2.05 bits per heavy atom. The summed E-state index contributed by atoms with van der Waals surface area (Å²) in [5.41, 5.74) is 0.326. The van der Waals surface area contributed by atoms with Crippen molar-refractivity contribution in [2.75, 3.05) is 0 Å². The molecule has 0 aromatic heterocycles. The molecule has 0 spiro atoms. The number of hydrogen-bond acceptors (Lipinski definition) is 4. The summed E-state index contributed by atoms with van der Waals surface area (Å²) in [4.78, 5) is 26.0. The van der Waals surface area contributed by atoms with E-state index in [1.54, 1.807) is 36.7 Å². The quantitative estimate of drug-likeness (QED) is 0.850. The van der Waals surface area contributed by atoms with E-state index in [1.807, 2.05) is 0 Å². The van der Waals surface area contributed by atoms with Gasteiger partial charge in [-0.1, -0.05) is 23.4 Å². The molecule has 0 aliphatic carbocycles. The molecule has 1 aromatic carbocycles. The first-order valence-corrected chi connectivity index (χ1v) is 6.84. The van der Waals surface area contributed by atoms with Crippen LogP contribution in [-0.4, -0.2) is 22.1 Å². The minimum absolute atomic E-state index is 0.106. The van der Waals surface area contributed by atoms with Crippen molar-refractivity contribution in [3.63, 3.8) is 0 Å². The molecule has 19 heavy (non-hydrogen) atoms. The normalized spacial score (nSPS) is 20.9. The molecule has 1 amide bonds.